The highest BCUT2D eigenvalue weighted by atomic mass is 32.1. The van der Waals surface area contributed by atoms with Gasteiger partial charge in [0.2, 0.25) is 0 Å². The van der Waals surface area contributed by atoms with E-state index >= 15 is 0 Å². The minimum absolute atomic E-state index is 0.0249. The molecule has 0 unspecified atom stereocenters. The molecule has 24 heavy (non-hydrogen) atoms. The number of nitrogens with zero attached hydrogens (tertiary/aromatic N) is 4. The number of pyridine rings is 1. The molecule has 0 aromatic carbocycles. The third-order valence-corrected chi connectivity index (χ3v) is 5.19. The van der Waals surface area contributed by atoms with Crippen molar-refractivity contribution in [1.29, 1.82) is 0 Å². The van der Waals surface area contributed by atoms with E-state index in [-0.39, 0.29) is 5.91 Å². The summed E-state index contributed by atoms with van der Waals surface area (Å²) in [6.45, 7) is 4.82. The van der Waals surface area contributed by atoms with Crippen molar-refractivity contribution in [2.45, 2.75) is 32.6 Å². The van der Waals surface area contributed by atoms with Crippen LogP contribution in [0.1, 0.15) is 41.6 Å². The van der Waals surface area contributed by atoms with Gasteiger partial charge >= 0.3 is 0 Å². The van der Waals surface area contributed by atoms with E-state index in [0.717, 1.165) is 51.0 Å². The average molecular weight is 345 g/mol. The molecule has 1 N–H and O–H groups in total. The highest BCUT2D eigenvalue weighted by Crippen LogP contribution is 2.22. The van der Waals surface area contributed by atoms with Gasteiger partial charge in [0.25, 0.3) is 5.91 Å². The van der Waals surface area contributed by atoms with E-state index in [4.69, 9.17) is 0 Å². The molecule has 0 atom stereocenters. The Morgan fingerprint density at radius 1 is 1.42 bits per heavy atom. The predicted octanol–water partition coefficient (Wildman–Crippen LogP) is 2.53. The van der Waals surface area contributed by atoms with Crippen LogP contribution in [0.3, 0.4) is 0 Å². The third kappa shape index (κ3) is 4.08. The van der Waals surface area contributed by atoms with Gasteiger partial charge in [-0.15, -0.1) is 5.10 Å². The van der Waals surface area contributed by atoms with Crippen molar-refractivity contribution >= 4 is 23.1 Å². The lowest BCUT2D eigenvalue weighted by Crippen LogP contribution is -2.38. The van der Waals surface area contributed by atoms with Crippen LogP contribution in [0.5, 0.6) is 0 Å². The number of piperidine rings is 1. The molecule has 0 spiro atoms. The zero-order chi connectivity index (χ0) is 16.8. The second-order valence-corrected chi connectivity index (χ2v) is 6.90. The SMILES string of the molecule is CCCc1nnsc1C(=O)NCC1CCN(c2cccnc2)CC1. The van der Waals surface area contributed by atoms with Crippen LogP contribution < -0.4 is 10.2 Å². The van der Waals surface area contributed by atoms with Crippen molar-refractivity contribution in [3.63, 3.8) is 0 Å². The van der Waals surface area contributed by atoms with Crippen molar-refractivity contribution in [1.82, 2.24) is 19.9 Å². The molecular formula is C17H23N5OS. The minimum Gasteiger partial charge on any atom is -0.370 e. The lowest BCUT2D eigenvalue weighted by Gasteiger charge is -2.33. The summed E-state index contributed by atoms with van der Waals surface area (Å²) in [6, 6.07) is 4.07. The third-order valence-electron chi connectivity index (χ3n) is 4.43. The van der Waals surface area contributed by atoms with E-state index in [2.05, 4.69) is 37.8 Å². The second kappa shape index (κ2) is 8.19. The number of hydrogen-bond acceptors (Lipinski definition) is 6. The first kappa shape index (κ1) is 16.8. The fourth-order valence-corrected chi connectivity index (χ4v) is 3.66. The molecule has 0 bridgehead atoms. The fraction of sp³-hybridized carbons (Fsp3) is 0.529. The minimum atomic E-state index is -0.0249. The van der Waals surface area contributed by atoms with E-state index in [1.165, 1.54) is 17.2 Å². The van der Waals surface area contributed by atoms with Crippen molar-refractivity contribution in [3.8, 4) is 0 Å². The molecule has 1 aliphatic rings. The Morgan fingerprint density at radius 3 is 2.96 bits per heavy atom. The molecule has 7 heteroatoms. The van der Waals surface area contributed by atoms with Crippen LogP contribution in [0.25, 0.3) is 0 Å². The number of aromatic nitrogens is 3. The van der Waals surface area contributed by atoms with Crippen molar-refractivity contribution in [2.24, 2.45) is 5.92 Å². The Morgan fingerprint density at radius 2 is 2.25 bits per heavy atom. The van der Waals surface area contributed by atoms with Gasteiger partial charge in [0, 0.05) is 25.8 Å². The van der Waals surface area contributed by atoms with E-state index in [9.17, 15) is 4.79 Å². The molecule has 0 saturated carbocycles. The number of rotatable bonds is 6. The van der Waals surface area contributed by atoms with Crippen LogP contribution >= 0.6 is 11.5 Å². The van der Waals surface area contributed by atoms with Gasteiger partial charge in [0.15, 0.2) is 0 Å². The summed E-state index contributed by atoms with van der Waals surface area (Å²) in [4.78, 5) is 19.5. The molecule has 3 heterocycles. The summed E-state index contributed by atoms with van der Waals surface area (Å²) in [5.41, 5.74) is 2.01. The number of carbonyl (C=O) groups is 1. The summed E-state index contributed by atoms with van der Waals surface area (Å²) >= 11 is 1.19. The zero-order valence-corrected chi connectivity index (χ0v) is 14.8. The van der Waals surface area contributed by atoms with E-state index in [0.29, 0.717) is 10.8 Å². The highest BCUT2D eigenvalue weighted by molar-refractivity contribution is 7.08. The monoisotopic (exact) mass is 345 g/mol. The van der Waals surface area contributed by atoms with Gasteiger partial charge in [0.05, 0.1) is 17.6 Å². The predicted molar refractivity (Wildman–Crippen MR) is 95.4 cm³/mol. The van der Waals surface area contributed by atoms with Gasteiger partial charge in [-0.3, -0.25) is 9.78 Å². The molecular weight excluding hydrogens is 322 g/mol. The maximum Gasteiger partial charge on any atom is 0.264 e. The smallest absolute Gasteiger partial charge is 0.264 e. The first-order valence-electron chi connectivity index (χ1n) is 8.52. The molecule has 1 saturated heterocycles. The first-order valence-corrected chi connectivity index (χ1v) is 9.29. The Bertz CT molecular complexity index is 652. The summed E-state index contributed by atoms with van der Waals surface area (Å²) in [7, 11) is 0. The number of amides is 1. The lowest BCUT2D eigenvalue weighted by atomic mass is 9.96. The molecule has 0 radical (unpaired) electrons. The topological polar surface area (TPSA) is 71.0 Å². The first-order chi connectivity index (χ1) is 11.8. The van der Waals surface area contributed by atoms with Gasteiger partial charge in [-0.25, -0.2) is 0 Å². The molecule has 1 fully saturated rings. The number of anilines is 1. The quantitative estimate of drug-likeness (QED) is 0.871. The van der Waals surface area contributed by atoms with Crippen LogP contribution in [0.4, 0.5) is 5.69 Å². The zero-order valence-electron chi connectivity index (χ0n) is 13.9. The Kier molecular flexibility index (Phi) is 5.74. The maximum absolute atomic E-state index is 12.3. The molecule has 1 aliphatic heterocycles. The van der Waals surface area contributed by atoms with Gasteiger partial charge in [-0.1, -0.05) is 17.8 Å². The van der Waals surface area contributed by atoms with Gasteiger partial charge in [0.1, 0.15) is 4.88 Å². The molecule has 128 valence electrons. The average Bonchev–Trinajstić information content (AvgIpc) is 3.10. The number of hydrogen-bond donors (Lipinski definition) is 1. The molecule has 0 aliphatic carbocycles. The van der Waals surface area contributed by atoms with Crippen LogP contribution in [-0.4, -0.2) is 40.1 Å². The summed E-state index contributed by atoms with van der Waals surface area (Å²) in [5, 5.41) is 7.13. The number of carbonyl (C=O) groups excluding carboxylic acids is 1. The summed E-state index contributed by atoms with van der Waals surface area (Å²) in [5.74, 6) is 0.500. The number of nitrogens with one attached hydrogen (secondary N) is 1. The second-order valence-electron chi connectivity index (χ2n) is 6.15. The van der Waals surface area contributed by atoms with E-state index < -0.39 is 0 Å². The summed E-state index contributed by atoms with van der Waals surface area (Å²) in [6.07, 6.45) is 7.65. The Balaban J connectivity index is 1.46. The van der Waals surface area contributed by atoms with Crippen molar-refractivity contribution < 1.29 is 4.79 Å². The fourth-order valence-electron chi connectivity index (χ4n) is 3.03. The van der Waals surface area contributed by atoms with Crippen molar-refractivity contribution in [3.05, 3.63) is 35.1 Å². The molecule has 6 nitrogen and oxygen atoms in total. The van der Waals surface area contributed by atoms with Crippen LogP contribution in [0.15, 0.2) is 24.5 Å². The normalized spacial score (nSPS) is 15.5. The van der Waals surface area contributed by atoms with E-state index in [1.807, 2.05) is 12.3 Å². The van der Waals surface area contributed by atoms with Gasteiger partial charge < -0.3 is 10.2 Å². The van der Waals surface area contributed by atoms with E-state index in [1.54, 1.807) is 6.20 Å². The molecule has 3 rings (SSSR count). The van der Waals surface area contributed by atoms with Crippen LogP contribution in [0, 0.1) is 5.92 Å². The number of aryl methyl sites for hydroxylation is 1. The van der Waals surface area contributed by atoms with Crippen LogP contribution in [0.2, 0.25) is 0 Å². The van der Waals surface area contributed by atoms with Gasteiger partial charge in [-0.05, 0) is 48.8 Å². The highest BCUT2D eigenvalue weighted by Gasteiger charge is 2.21. The molecule has 1 amide bonds. The Hall–Kier alpha value is -2.02. The maximum atomic E-state index is 12.3. The standard InChI is InChI=1S/C17H23N5OS/c1-2-4-15-16(24-21-20-15)17(23)19-11-13-6-9-22(10-7-13)14-5-3-8-18-12-14/h3,5,8,12-13H,2,4,6-7,9-11H2,1H3,(H,19,23). The van der Waals surface area contributed by atoms with Crippen molar-refractivity contribution in [2.75, 3.05) is 24.5 Å². The molecule has 2 aromatic heterocycles. The largest absolute Gasteiger partial charge is 0.370 e. The van der Waals surface area contributed by atoms with Gasteiger partial charge in [-0.2, -0.15) is 0 Å². The lowest BCUT2D eigenvalue weighted by molar-refractivity contribution is 0.0948. The summed E-state index contributed by atoms with van der Waals surface area (Å²) < 4.78 is 3.92. The van der Waals surface area contributed by atoms with Crippen LogP contribution in [-0.2, 0) is 6.42 Å². The molecule has 2 aromatic rings. The Labute approximate surface area is 146 Å².